The van der Waals surface area contributed by atoms with Gasteiger partial charge in [-0.3, -0.25) is 9.80 Å². The van der Waals surface area contributed by atoms with Gasteiger partial charge in [0, 0.05) is 43.8 Å². The molecule has 0 spiro atoms. The summed E-state index contributed by atoms with van der Waals surface area (Å²) in [6.45, 7) is 6.13. The van der Waals surface area contributed by atoms with Crippen LogP contribution >= 0.6 is 0 Å². The third-order valence-electron chi connectivity index (χ3n) is 4.64. The highest BCUT2D eigenvalue weighted by Gasteiger charge is 2.38. The molecular formula is C16H24N2O2. The molecule has 0 amide bonds. The molecule has 0 radical (unpaired) electrons. The van der Waals surface area contributed by atoms with Gasteiger partial charge in [0.1, 0.15) is 5.75 Å². The SMILES string of the molecule is COc1ccccc1CN1C[C@@H]2C[C@@H](O)CN2C[C@H]1C. The number of nitrogens with zero attached hydrogens (tertiary/aromatic N) is 2. The first-order valence-corrected chi connectivity index (χ1v) is 7.45. The molecule has 2 fully saturated rings. The summed E-state index contributed by atoms with van der Waals surface area (Å²) in [7, 11) is 1.73. The van der Waals surface area contributed by atoms with E-state index in [1.807, 2.05) is 12.1 Å². The zero-order chi connectivity index (χ0) is 14.1. The van der Waals surface area contributed by atoms with Gasteiger partial charge in [-0.05, 0) is 19.4 Å². The molecule has 0 saturated carbocycles. The third-order valence-corrected chi connectivity index (χ3v) is 4.64. The second-order valence-electron chi connectivity index (χ2n) is 6.09. The number of para-hydroxylation sites is 1. The smallest absolute Gasteiger partial charge is 0.123 e. The molecule has 3 atom stereocenters. The maximum atomic E-state index is 9.82. The highest BCUT2D eigenvalue weighted by Crippen LogP contribution is 2.27. The summed E-state index contributed by atoms with van der Waals surface area (Å²) in [6.07, 6.45) is 0.771. The lowest BCUT2D eigenvalue weighted by molar-refractivity contribution is 0.0524. The van der Waals surface area contributed by atoms with Gasteiger partial charge in [-0.1, -0.05) is 18.2 Å². The molecule has 4 nitrogen and oxygen atoms in total. The number of hydrogen-bond acceptors (Lipinski definition) is 4. The largest absolute Gasteiger partial charge is 0.496 e. The van der Waals surface area contributed by atoms with Gasteiger partial charge < -0.3 is 9.84 Å². The van der Waals surface area contributed by atoms with Crippen LogP contribution in [0, 0.1) is 0 Å². The fourth-order valence-corrected chi connectivity index (χ4v) is 3.55. The molecule has 2 aliphatic rings. The zero-order valence-corrected chi connectivity index (χ0v) is 12.3. The summed E-state index contributed by atoms with van der Waals surface area (Å²) in [4.78, 5) is 4.95. The Morgan fingerprint density at radius 3 is 2.85 bits per heavy atom. The van der Waals surface area contributed by atoms with Crippen LogP contribution in [0.5, 0.6) is 5.75 Å². The predicted octanol–water partition coefficient (Wildman–Crippen LogP) is 1.33. The van der Waals surface area contributed by atoms with Crippen LogP contribution < -0.4 is 4.74 Å². The van der Waals surface area contributed by atoms with Gasteiger partial charge in [0.25, 0.3) is 0 Å². The fourth-order valence-electron chi connectivity index (χ4n) is 3.55. The molecule has 0 aromatic heterocycles. The van der Waals surface area contributed by atoms with E-state index in [1.54, 1.807) is 7.11 Å². The van der Waals surface area contributed by atoms with Crippen LogP contribution in [0.3, 0.4) is 0 Å². The number of ether oxygens (including phenoxy) is 1. The Morgan fingerprint density at radius 1 is 1.25 bits per heavy atom. The zero-order valence-electron chi connectivity index (χ0n) is 12.3. The average Bonchev–Trinajstić information content (AvgIpc) is 2.79. The summed E-state index contributed by atoms with van der Waals surface area (Å²) in [5.74, 6) is 0.966. The van der Waals surface area contributed by atoms with Gasteiger partial charge in [0.05, 0.1) is 13.2 Å². The molecule has 0 aliphatic carbocycles. The molecule has 3 rings (SSSR count). The van der Waals surface area contributed by atoms with Gasteiger partial charge in [0.15, 0.2) is 0 Å². The lowest BCUT2D eigenvalue weighted by Gasteiger charge is -2.42. The van der Waals surface area contributed by atoms with Crippen molar-refractivity contribution in [3.05, 3.63) is 29.8 Å². The van der Waals surface area contributed by atoms with Gasteiger partial charge >= 0.3 is 0 Å². The van der Waals surface area contributed by atoms with E-state index in [4.69, 9.17) is 4.74 Å². The first-order chi connectivity index (χ1) is 9.67. The highest BCUT2D eigenvalue weighted by atomic mass is 16.5. The maximum Gasteiger partial charge on any atom is 0.123 e. The minimum Gasteiger partial charge on any atom is -0.496 e. The van der Waals surface area contributed by atoms with Gasteiger partial charge in [-0.2, -0.15) is 0 Å². The van der Waals surface area contributed by atoms with E-state index in [0.29, 0.717) is 12.1 Å². The van der Waals surface area contributed by atoms with Crippen LogP contribution in [0.2, 0.25) is 0 Å². The molecule has 2 aliphatic heterocycles. The van der Waals surface area contributed by atoms with Crippen molar-refractivity contribution in [2.45, 2.75) is 38.1 Å². The highest BCUT2D eigenvalue weighted by molar-refractivity contribution is 5.33. The minimum absolute atomic E-state index is 0.140. The summed E-state index contributed by atoms with van der Waals surface area (Å²) < 4.78 is 5.45. The monoisotopic (exact) mass is 276 g/mol. The van der Waals surface area contributed by atoms with Crippen LogP contribution in [0.15, 0.2) is 24.3 Å². The van der Waals surface area contributed by atoms with E-state index in [1.165, 1.54) is 5.56 Å². The summed E-state index contributed by atoms with van der Waals surface area (Å²) in [6, 6.07) is 9.27. The predicted molar refractivity (Wildman–Crippen MR) is 78.9 cm³/mol. The second kappa shape index (κ2) is 5.72. The number of fused-ring (bicyclic) bond motifs is 1. The lowest BCUT2D eigenvalue weighted by atomic mass is 10.1. The average molecular weight is 276 g/mol. The third kappa shape index (κ3) is 2.68. The normalized spacial score (nSPS) is 31.2. The summed E-state index contributed by atoms with van der Waals surface area (Å²) in [5.41, 5.74) is 1.24. The van der Waals surface area contributed by atoms with Crippen molar-refractivity contribution in [1.82, 2.24) is 9.80 Å². The fraction of sp³-hybridized carbons (Fsp3) is 0.625. The van der Waals surface area contributed by atoms with E-state index in [0.717, 1.165) is 38.3 Å². The second-order valence-corrected chi connectivity index (χ2v) is 6.09. The van der Waals surface area contributed by atoms with Crippen LogP contribution in [-0.2, 0) is 6.54 Å². The van der Waals surface area contributed by atoms with Crippen molar-refractivity contribution in [3.8, 4) is 5.75 Å². The number of rotatable bonds is 3. The van der Waals surface area contributed by atoms with E-state index in [-0.39, 0.29) is 6.10 Å². The van der Waals surface area contributed by atoms with Crippen LogP contribution in [-0.4, -0.2) is 59.8 Å². The molecule has 1 aromatic rings. The van der Waals surface area contributed by atoms with Gasteiger partial charge in [-0.25, -0.2) is 0 Å². The molecule has 2 heterocycles. The van der Waals surface area contributed by atoms with E-state index in [2.05, 4.69) is 28.9 Å². The number of methoxy groups -OCH3 is 1. The Bertz CT molecular complexity index is 466. The number of piperazine rings is 1. The Hall–Kier alpha value is -1.10. The van der Waals surface area contributed by atoms with Crippen molar-refractivity contribution in [1.29, 1.82) is 0 Å². The van der Waals surface area contributed by atoms with Gasteiger partial charge in [-0.15, -0.1) is 0 Å². The molecule has 0 bridgehead atoms. The van der Waals surface area contributed by atoms with Crippen LogP contribution in [0.25, 0.3) is 0 Å². The lowest BCUT2D eigenvalue weighted by Crippen LogP contribution is -2.54. The molecule has 1 aromatic carbocycles. The standard InChI is InChI=1S/C16H24N2O2/c1-12-8-18-11-15(19)7-14(18)10-17(12)9-13-5-3-4-6-16(13)20-2/h3-6,12,14-15,19H,7-11H2,1-2H3/t12-,14+,15-/m1/s1. The van der Waals surface area contributed by atoms with E-state index < -0.39 is 0 Å². The van der Waals surface area contributed by atoms with Crippen LogP contribution in [0.4, 0.5) is 0 Å². The van der Waals surface area contributed by atoms with Crippen LogP contribution in [0.1, 0.15) is 18.9 Å². The summed E-state index contributed by atoms with van der Waals surface area (Å²) >= 11 is 0. The number of hydrogen-bond donors (Lipinski definition) is 1. The first-order valence-electron chi connectivity index (χ1n) is 7.45. The van der Waals surface area contributed by atoms with Crippen molar-refractivity contribution >= 4 is 0 Å². The molecular weight excluding hydrogens is 252 g/mol. The van der Waals surface area contributed by atoms with E-state index >= 15 is 0 Å². The first kappa shape index (κ1) is 13.9. The minimum atomic E-state index is -0.140. The van der Waals surface area contributed by atoms with Crippen molar-refractivity contribution in [2.24, 2.45) is 0 Å². The Morgan fingerprint density at radius 2 is 2.05 bits per heavy atom. The Balaban J connectivity index is 1.71. The quantitative estimate of drug-likeness (QED) is 0.903. The maximum absolute atomic E-state index is 9.82. The molecule has 0 unspecified atom stereocenters. The Labute approximate surface area is 120 Å². The molecule has 4 heteroatoms. The molecule has 1 N–H and O–H groups in total. The number of aliphatic hydroxyl groups is 1. The molecule has 110 valence electrons. The Kier molecular flexibility index (Phi) is 3.96. The summed E-state index contributed by atoms with van der Waals surface area (Å²) in [5, 5.41) is 9.82. The van der Waals surface area contributed by atoms with Crippen molar-refractivity contribution in [3.63, 3.8) is 0 Å². The molecule has 20 heavy (non-hydrogen) atoms. The van der Waals surface area contributed by atoms with Crippen molar-refractivity contribution in [2.75, 3.05) is 26.7 Å². The number of benzene rings is 1. The molecule has 2 saturated heterocycles. The number of aliphatic hydroxyl groups excluding tert-OH is 1. The topological polar surface area (TPSA) is 35.9 Å². The van der Waals surface area contributed by atoms with Gasteiger partial charge in [0.2, 0.25) is 0 Å². The van der Waals surface area contributed by atoms with E-state index in [9.17, 15) is 5.11 Å². The van der Waals surface area contributed by atoms with Crippen molar-refractivity contribution < 1.29 is 9.84 Å².